The van der Waals surface area contributed by atoms with E-state index in [1.165, 1.54) is 66.6 Å². The molecule has 0 bridgehead atoms. The summed E-state index contributed by atoms with van der Waals surface area (Å²) in [5.74, 6) is -1.24. The number of nitrogens with zero attached hydrogens (tertiary/aromatic N) is 2. The van der Waals surface area contributed by atoms with Crippen molar-refractivity contribution in [3.05, 3.63) is 125 Å². The van der Waals surface area contributed by atoms with Gasteiger partial charge in [0.1, 0.15) is 24.2 Å². The maximum Gasteiger partial charge on any atom is 0.264 e. The molecule has 0 heterocycles. The monoisotopic (exact) mass is 665 g/mol. The summed E-state index contributed by atoms with van der Waals surface area (Å²) in [7, 11) is -2.87. The minimum absolute atomic E-state index is 0.0860. The van der Waals surface area contributed by atoms with Crippen molar-refractivity contribution >= 4 is 39.1 Å². The predicted octanol–water partition coefficient (Wildman–Crippen LogP) is 6.24. The van der Waals surface area contributed by atoms with Gasteiger partial charge in [0.25, 0.3) is 10.0 Å². The van der Waals surface area contributed by atoms with E-state index < -0.39 is 40.2 Å². The molecule has 11 heteroatoms. The summed E-state index contributed by atoms with van der Waals surface area (Å²) in [6, 6.07) is 25.7. The number of nitrogens with one attached hydrogen (secondary N) is 1. The Morgan fingerprint density at radius 1 is 0.935 bits per heavy atom. The molecule has 0 saturated carbocycles. The van der Waals surface area contributed by atoms with E-state index in [0.29, 0.717) is 12.2 Å². The minimum Gasteiger partial charge on any atom is -0.497 e. The van der Waals surface area contributed by atoms with Gasteiger partial charge in [-0.05, 0) is 67.4 Å². The van der Waals surface area contributed by atoms with Crippen LogP contribution in [0.4, 0.5) is 10.1 Å². The average molecular weight is 666 g/mol. The first-order chi connectivity index (χ1) is 22.0. The second-order valence-corrected chi connectivity index (χ2v) is 13.1. The fourth-order valence-electron chi connectivity index (χ4n) is 4.84. The van der Waals surface area contributed by atoms with Crippen molar-refractivity contribution in [2.24, 2.45) is 0 Å². The lowest BCUT2D eigenvalue weighted by Crippen LogP contribution is -2.54. The molecule has 2 amide bonds. The van der Waals surface area contributed by atoms with Crippen LogP contribution >= 0.6 is 11.6 Å². The van der Waals surface area contributed by atoms with Gasteiger partial charge in [0, 0.05) is 29.6 Å². The van der Waals surface area contributed by atoms with Crippen molar-refractivity contribution in [3.8, 4) is 5.75 Å². The predicted molar refractivity (Wildman–Crippen MR) is 178 cm³/mol. The lowest BCUT2D eigenvalue weighted by Gasteiger charge is -2.34. The molecule has 0 aliphatic carbocycles. The number of carbonyl (C=O) groups is 2. The molecule has 0 saturated heterocycles. The maximum absolute atomic E-state index is 15.0. The van der Waals surface area contributed by atoms with E-state index in [1.807, 2.05) is 44.2 Å². The van der Waals surface area contributed by atoms with Gasteiger partial charge < -0.3 is 15.0 Å². The number of hydrogen-bond acceptors (Lipinski definition) is 5. The Morgan fingerprint density at radius 3 is 2.24 bits per heavy atom. The number of amides is 2. The van der Waals surface area contributed by atoms with Crippen LogP contribution in [-0.2, 0) is 32.6 Å². The van der Waals surface area contributed by atoms with E-state index in [1.54, 1.807) is 18.2 Å². The van der Waals surface area contributed by atoms with E-state index in [4.69, 9.17) is 16.3 Å². The fourth-order valence-corrected chi connectivity index (χ4v) is 6.43. The Kier molecular flexibility index (Phi) is 11.8. The van der Waals surface area contributed by atoms with Crippen molar-refractivity contribution in [1.82, 2.24) is 10.2 Å². The Hall–Kier alpha value is -4.41. The fraction of sp³-hybridized carbons (Fsp3) is 0.257. The van der Waals surface area contributed by atoms with E-state index in [0.717, 1.165) is 9.87 Å². The first-order valence-corrected chi connectivity index (χ1v) is 16.6. The topological polar surface area (TPSA) is 96.0 Å². The van der Waals surface area contributed by atoms with Crippen LogP contribution in [0.5, 0.6) is 5.75 Å². The summed E-state index contributed by atoms with van der Waals surface area (Å²) >= 11 is 6.26. The van der Waals surface area contributed by atoms with Crippen molar-refractivity contribution in [2.75, 3.05) is 18.0 Å². The van der Waals surface area contributed by atoms with Crippen molar-refractivity contribution in [1.29, 1.82) is 0 Å². The zero-order chi connectivity index (χ0) is 33.3. The SMILES string of the molecule is CC[C@H](C)NC(=O)[C@H](Cc1ccccc1)N(Cc1ccccc1F)C(=O)CN(c1cccc(Cl)c1)S(=O)(=O)c1ccc(OC)cc1. The second kappa shape index (κ2) is 15.7. The third-order valence-electron chi connectivity index (χ3n) is 7.59. The molecule has 8 nitrogen and oxygen atoms in total. The molecule has 0 radical (unpaired) electrons. The van der Waals surface area contributed by atoms with Gasteiger partial charge in [-0.25, -0.2) is 12.8 Å². The van der Waals surface area contributed by atoms with E-state index >= 15 is 4.39 Å². The minimum atomic E-state index is -4.34. The molecule has 242 valence electrons. The van der Waals surface area contributed by atoms with Crippen molar-refractivity contribution in [3.63, 3.8) is 0 Å². The van der Waals surface area contributed by atoms with Crippen LogP contribution in [0.15, 0.2) is 108 Å². The molecule has 0 unspecified atom stereocenters. The quantitative estimate of drug-likeness (QED) is 0.172. The number of carbonyl (C=O) groups excluding carboxylic acids is 2. The van der Waals surface area contributed by atoms with Gasteiger partial charge in [0.2, 0.25) is 11.8 Å². The van der Waals surface area contributed by atoms with Crippen LogP contribution in [0.3, 0.4) is 0 Å². The van der Waals surface area contributed by atoms with Crippen molar-refractivity contribution < 1.29 is 27.1 Å². The van der Waals surface area contributed by atoms with Crippen molar-refractivity contribution in [2.45, 2.75) is 50.2 Å². The molecule has 0 fully saturated rings. The molecule has 2 atom stereocenters. The van der Waals surface area contributed by atoms with Crippen LogP contribution in [0.2, 0.25) is 5.02 Å². The number of methoxy groups -OCH3 is 1. The third-order valence-corrected chi connectivity index (χ3v) is 9.62. The summed E-state index contributed by atoms with van der Waals surface area (Å²) < 4.78 is 49.4. The van der Waals surface area contributed by atoms with Gasteiger partial charge in [-0.1, -0.05) is 73.1 Å². The Bertz CT molecular complexity index is 1740. The summed E-state index contributed by atoms with van der Waals surface area (Å²) in [5.41, 5.74) is 1.10. The number of halogens is 2. The Labute approximate surface area is 274 Å². The molecule has 4 rings (SSSR count). The number of benzene rings is 4. The molecular weight excluding hydrogens is 629 g/mol. The zero-order valence-corrected chi connectivity index (χ0v) is 27.5. The zero-order valence-electron chi connectivity index (χ0n) is 25.9. The van der Waals surface area contributed by atoms with Gasteiger partial charge in [-0.15, -0.1) is 0 Å². The van der Waals surface area contributed by atoms with Gasteiger partial charge in [-0.2, -0.15) is 0 Å². The molecule has 46 heavy (non-hydrogen) atoms. The summed E-state index contributed by atoms with van der Waals surface area (Å²) in [5, 5.41) is 3.22. The molecule has 0 aromatic heterocycles. The average Bonchev–Trinajstić information content (AvgIpc) is 3.06. The van der Waals surface area contributed by atoms with Gasteiger partial charge in [-0.3, -0.25) is 13.9 Å². The standard InChI is InChI=1S/C35H37ClFN3O5S/c1-4-25(2)38-35(42)33(21-26-11-6-5-7-12-26)39(23-27-13-8-9-16-32(27)37)34(41)24-40(29-15-10-14-28(36)22-29)46(43,44)31-19-17-30(45-3)18-20-31/h5-20,22,25,33H,4,21,23-24H2,1-3H3,(H,38,42)/t25-,33-/m0/s1. The molecule has 0 aliphatic heterocycles. The Balaban J connectivity index is 1.82. The molecule has 4 aromatic carbocycles. The molecule has 4 aromatic rings. The smallest absolute Gasteiger partial charge is 0.264 e. The van der Waals surface area contributed by atoms with Gasteiger partial charge in [0.15, 0.2) is 0 Å². The largest absolute Gasteiger partial charge is 0.497 e. The highest BCUT2D eigenvalue weighted by atomic mass is 35.5. The van der Waals surface area contributed by atoms with Crippen LogP contribution in [0.25, 0.3) is 0 Å². The number of ether oxygens (including phenoxy) is 1. The van der Waals surface area contributed by atoms with Gasteiger partial charge >= 0.3 is 0 Å². The molecule has 0 spiro atoms. The number of rotatable bonds is 14. The lowest BCUT2D eigenvalue weighted by molar-refractivity contribution is -0.140. The normalized spacial score (nSPS) is 12.5. The molecule has 0 aliphatic rings. The summed E-state index contributed by atoms with van der Waals surface area (Å²) in [4.78, 5) is 29.5. The number of anilines is 1. The second-order valence-electron chi connectivity index (χ2n) is 10.8. The van der Waals surface area contributed by atoms with E-state index in [9.17, 15) is 18.0 Å². The van der Waals surface area contributed by atoms with Gasteiger partial charge in [0.05, 0.1) is 17.7 Å². The lowest BCUT2D eigenvalue weighted by atomic mass is 10.0. The highest BCUT2D eigenvalue weighted by molar-refractivity contribution is 7.92. The van der Waals surface area contributed by atoms with Crippen LogP contribution in [-0.4, -0.2) is 50.9 Å². The number of sulfonamides is 1. The summed E-state index contributed by atoms with van der Waals surface area (Å²) in [6.45, 7) is 2.81. The van der Waals surface area contributed by atoms with Crippen LogP contribution < -0.4 is 14.4 Å². The Morgan fingerprint density at radius 2 is 1.61 bits per heavy atom. The third kappa shape index (κ3) is 8.64. The van der Waals surface area contributed by atoms with Crippen LogP contribution in [0.1, 0.15) is 31.4 Å². The first kappa shape index (κ1) is 34.5. The van der Waals surface area contributed by atoms with E-state index in [2.05, 4.69) is 5.32 Å². The first-order valence-electron chi connectivity index (χ1n) is 14.8. The summed E-state index contributed by atoms with van der Waals surface area (Å²) in [6.07, 6.45) is 0.763. The molecule has 1 N–H and O–H groups in total. The van der Waals surface area contributed by atoms with E-state index in [-0.39, 0.29) is 40.2 Å². The highest BCUT2D eigenvalue weighted by Gasteiger charge is 2.35. The maximum atomic E-state index is 15.0. The highest BCUT2D eigenvalue weighted by Crippen LogP contribution is 2.28. The van der Waals surface area contributed by atoms with Crippen LogP contribution in [0, 0.1) is 5.82 Å². The molecular formula is C35H37ClFN3O5S. The number of hydrogen-bond donors (Lipinski definition) is 1.